The number of nitrogens with one attached hydrogen (secondary N) is 1. The molecule has 2 aromatic carbocycles. The smallest absolute Gasteiger partial charge is 0.240 e. The van der Waals surface area contributed by atoms with Crippen LogP contribution in [0.2, 0.25) is 5.02 Å². The molecule has 0 saturated carbocycles. The van der Waals surface area contributed by atoms with Crippen LogP contribution in [0, 0.1) is 11.7 Å². The lowest BCUT2D eigenvalue weighted by molar-refractivity contribution is 0.169. The van der Waals surface area contributed by atoms with Crippen molar-refractivity contribution < 1.29 is 12.8 Å². The second-order valence-corrected chi connectivity index (χ2v) is 8.83. The number of benzene rings is 2. The number of hydrogen-bond acceptors (Lipinski definition) is 3. The van der Waals surface area contributed by atoms with E-state index in [0.29, 0.717) is 6.54 Å². The van der Waals surface area contributed by atoms with Gasteiger partial charge in [0.1, 0.15) is 5.82 Å². The highest BCUT2D eigenvalue weighted by molar-refractivity contribution is 7.89. The van der Waals surface area contributed by atoms with Gasteiger partial charge in [-0.15, -0.1) is 0 Å². The van der Waals surface area contributed by atoms with Crippen molar-refractivity contribution in [3.8, 4) is 0 Å². The summed E-state index contributed by atoms with van der Waals surface area (Å²) in [6.45, 7) is 3.10. The Balaban J connectivity index is 1.57. The Labute approximate surface area is 159 Å². The number of nitrogens with zero attached hydrogens (tertiary/aromatic N) is 1. The quantitative estimate of drug-likeness (QED) is 0.810. The molecule has 0 aromatic heterocycles. The van der Waals surface area contributed by atoms with E-state index < -0.39 is 15.8 Å². The van der Waals surface area contributed by atoms with Crippen LogP contribution in [0.4, 0.5) is 4.39 Å². The molecule has 0 aliphatic carbocycles. The lowest BCUT2D eigenvalue weighted by atomic mass is 9.98. The predicted molar refractivity (Wildman–Crippen MR) is 101 cm³/mol. The van der Waals surface area contributed by atoms with Crippen molar-refractivity contribution in [2.24, 2.45) is 5.92 Å². The molecular weight excluding hydrogens is 375 g/mol. The molecule has 7 heteroatoms. The highest BCUT2D eigenvalue weighted by Gasteiger charge is 2.23. The molecule has 4 nitrogen and oxygen atoms in total. The maximum Gasteiger partial charge on any atom is 0.240 e. The molecule has 1 N–H and O–H groups in total. The first-order valence-corrected chi connectivity index (χ1v) is 10.5. The molecular formula is C19H22ClFN2O2S. The van der Waals surface area contributed by atoms with Gasteiger partial charge in [0.25, 0.3) is 0 Å². The first-order chi connectivity index (χ1) is 12.4. The second kappa shape index (κ2) is 8.48. The normalized spacial score (nSPS) is 18.8. The minimum Gasteiger partial charge on any atom is -0.299 e. The predicted octanol–water partition coefficient (Wildman–Crippen LogP) is 3.67. The summed E-state index contributed by atoms with van der Waals surface area (Å²) in [6.07, 6.45) is 2.03. The number of rotatable bonds is 6. The van der Waals surface area contributed by atoms with Gasteiger partial charge in [0.15, 0.2) is 0 Å². The van der Waals surface area contributed by atoms with Crippen molar-refractivity contribution in [2.75, 3.05) is 19.6 Å². The molecule has 1 unspecified atom stereocenters. The van der Waals surface area contributed by atoms with E-state index in [1.165, 1.54) is 11.6 Å². The largest absolute Gasteiger partial charge is 0.299 e. The van der Waals surface area contributed by atoms with Crippen LogP contribution in [0.25, 0.3) is 0 Å². The zero-order chi connectivity index (χ0) is 18.6. The van der Waals surface area contributed by atoms with Crippen LogP contribution in [0.3, 0.4) is 0 Å². The van der Waals surface area contributed by atoms with E-state index in [2.05, 4.69) is 21.8 Å². The van der Waals surface area contributed by atoms with Gasteiger partial charge in [-0.3, -0.25) is 4.90 Å². The fraction of sp³-hybridized carbons (Fsp3) is 0.368. The van der Waals surface area contributed by atoms with E-state index in [9.17, 15) is 12.8 Å². The molecule has 1 aliphatic heterocycles. The first-order valence-electron chi connectivity index (χ1n) is 8.65. The Morgan fingerprint density at radius 2 is 1.96 bits per heavy atom. The third-order valence-electron chi connectivity index (χ3n) is 4.62. The Hall–Kier alpha value is -1.47. The number of piperidine rings is 1. The average Bonchev–Trinajstić information content (AvgIpc) is 2.63. The summed E-state index contributed by atoms with van der Waals surface area (Å²) in [5.41, 5.74) is 1.26. The Bertz CT molecular complexity index is 846. The van der Waals surface area contributed by atoms with Gasteiger partial charge >= 0.3 is 0 Å². The monoisotopic (exact) mass is 396 g/mol. The maximum absolute atomic E-state index is 13.2. The third kappa shape index (κ3) is 5.04. The number of sulfonamides is 1. The van der Waals surface area contributed by atoms with E-state index in [4.69, 9.17) is 11.6 Å². The van der Waals surface area contributed by atoms with E-state index in [1.54, 1.807) is 0 Å². The van der Waals surface area contributed by atoms with Gasteiger partial charge in [-0.2, -0.15) is 0 Å². The summed E-state index contributed by atoms with van der Waals surface area (Å²) < 4.78 is 40.7. The standard InChI is InChI=1S/C19H22ClFN2O2S/c20-18-11-17(8-9-19(18)21)26(24,25)22-12-16-7-4-10-23(14-16)13-15-5-2-1-3-6-15/h1-3,5-6,8-9,11,16,22H,4,7,10,12-14H2. The molecule has 1 heterocycles. The van der Waals surface area contributed by atoms with Gasteiger partial charge in [0.2, 0.25) is 10.0 Å². The second-order valence-electron chi connectivity index (χ2n) is 6.66. The number of likely N-dealkylation sites (tertiary alicyclic amines) is 1. The van der Waals surface area contributed by atoms with E-state index in [1.807, 2.05) is 18.2 Å². The SMILES string of the molecule is O=S(=O)(NCC1CCCN(Cc2ccccc2)C1)c1ccc(F)c(Cl)c1. The summed E-state index contributed by atoms with van der Waals surface area (Å²) >= 11 is 5.69. The highest BCUT2D eigenvalue weighted by atomic mass is 35.5. The fourth-order valence-corrected chi connectivity index (χ4v) is 4.65. The summed E-state index contributed by atoms with van der Waals surface area (Å²) in [6, 6.07) is 13.7. The highest BCUT2D eigenvalue weighted by Crippen LogP contribution is 2.21. The van der Waals surface area contributed by atoms with Gasteiger partial charge in [-0.25, -0.2) is 17.5 Å². The van der Waals surface area contributed by atoms with Crippen LogP contribution in [0.1, 0.15) is 18.4 Å². The van der Waals surface area contributed by atoms with Gasteiger partial charge in [-0.1, -0.05) is 41.9 Å². The number of halogens is 2. The molecule has 2 aromatic rings. The van der Waals surface area contributed by atoms with Crippen molar-refractivity contribution in [3.63, 3.8) is 0 Å². The van der Waals surface area contributed by atoms with Crippen LogP contribution < -0.4 is 4.72 Å². The van der Waals surface area contributed by atoms with Crippen LogP contribution in [0.5, 0.6) is 0 Å². The Morgan fingerprint density at radius 3 is 2.69 bits per heavy atom. The van der Waals surface area contributed by atoms with Gasteiger partial charge in [-0.05, 0) is 49.1 Å². The number of hydrogen-bond donors (Lipinski definition) is 1. The third-order valence-corrected chi connectivity index (χ3v) is 6.33. The lowest BCUT2D eigenvalue weighted by Gasteiger charge is -2.32. The molecule has 140 valence electrons. The molecule has 1 fully saturated rings. The van der Waals surface area contributed by atoms with Gasteiger partial charge < -0.3 is 0 Å². The zero-order valence-electron chi connectivity index (χ0n) is 14.4. The molecule has 1 aliphatic rings. The summed E-state index contributed by atoms with van der Waals surface area (Å²) in [4.78, 5) is 2.34. The van der Waals surface area contributed by atoms with Crippen molar-refractivity contribution >= 4 is 21.6 Å². The van der Waals surface area contributed by atoms with Crippen molar-refractivity contribution in [1.29, 1.82) is 0 Å². The lowest BCUT2D eigenvalue weighted by Crippen LogP contribution is -2.40. The maximum atomic E-state index is 13.2. The van der Waals surface area contributed by atoms with Crippen LogP contribution in [-0.2, 0) is 16.6 Å². The topological polar surface area (TPSA) is 49.4 Å². The first kappa shape index (κ1) is 19.3. The van der Waals surface area contributed by atoms with E-state index >= 15 is 0 Å². The van der Waals surface area contributed by atoms with E-state index in [0.717, 1.165) is 44.6 Å². The van der Waals surface area contributed by atoms with Crippen LogP contribution in [-0.4, -0.2) is 33.0 Å². The van der Waals surface area contributed by atoms with Crippen LogP contribution in [0.15, 0.2) is 53.4 Å². The molecule has 0 amide bonds. The molecule has 1 atom stereocenters. The zero-order valence-corrected chi connectivity index (χ0v) is 15.9. The molecule has 0 bridgehead atoms. The minimum absolute atomic E-state index is 0.0131. The average molecular weight is 397 g/mol. The van der Waals surface area contributed by atoms with E-state index in [-0.39, 0.29) is 15.8 Å². The fourth-order valence-electron chi connectivity index (χ4n) is 3.26. The molecule has 26 heavy (non-hydrogen) atoms. The molecule has 0 radical (unpaired) electrons. The summed E-state index contributed by atoms with van der Waals surface area (Å²) in [7, 11) is -3.69. The Morgan fingerprint density at radius 1 is 1.19 bits per heavy atom. The van der Waals surface area contributed by atoms with Gasteiger partial charge in [0, 0.05) is 19.6 Å². The summed E-state index contributed by atoms with van der Waals surface area (Å²) in [5, 5.41) is -0.195. The molecule has 1 saturated heterocycles. The van der Waals surface area contributed by atoms with Crippen molar-refractivity contribution in [2.45, 2.75) is 24.3 Å². The van der Waals surface area contributed by atoms with Crippen LogP contribution >= 0.6 is 11.6 Å². The molecule has 3 rings (SSSR count). The van der Waals surface area contributed by atoms with Crippen molar-refractivity contribution in [1.82, 2.24) is 9.62 Å². The van der Waals surface area contributed by atoms with Crippen molar-refractivity contribution in [3.05, 3.63) is 64.9 Å². The van der Waals surface area contributed by atoms with Gasteiger partial charge in [0.05, 0.1) is 9.92 Å². The Kier molecular flexibility index (Phi) is 6.29. The minimum atomic E-state index is -3.69. The molecule has 0 spiro atoms. The summed E-state index contributed by atoms with van der Waals surface area (Å²) in [5.74, 6) is -0.382.